The van der Waals surface area contributed by atoms with Crippen molar-refractivity contribution in [2.75, 3.05) is 0 Å². The standard InChI is InChI=1S/C7H8IN3/c1-4-5-2-9-3-6(5)11-7(8)10-4/h9H,2-3H2,1H3. The van der Waals surface area contributed by atoms with Gasteiger partial charge in [0.1, 0.15) is 0 Å². The number of nitrogens with one attached hydrogen (secondary N) is 1. The van der Waals surface area contributed by atoms with Gasteiger partial charge in [0.2, 0.25) is 0 Å². The number of aryl methyl sites for hydroxylation is 1. The number of halogens is 1. The number of fused-ring (bicyclic) bond motifs is 1. The van der Waals surface area contributed by atoms with E-state index in [1.54, 1.807) is 0 Å². The van der Waals surface area contributed by atoms with Crippen LogP contribution in [0.4, 0.5) is 0 Å². The average Bonchev–Trinajstić information content (AvgIpc) is 2.34. The third kappa shape index (κ3) is 1.24. The Labute approximate surface area is 78.8 Å². The van der Waals surface area contributed by atoms with Gasteiger partial charge in [-0.2, -0.15) is 0 Å². The molecular weight excluding hydrogens is 253 g/mol. The zero-order valence-electron chi connectivity index (χ0n) is 6.19. The summed E-state index contributed by atoms with van der Waals surface area (Å²) in [5, 5.41) is 3.25. The molecule has 0 spiro atoms. The molecule has 1 N–H and O–H groups in total. The van der Waals surface area contributed by atoms with Gasteiger partial charge in [-0.3, -0.25) is 0 Å². The highest BCUT2D eigenvalue weighted by molar-refractivity contribution is 14.1. The summed E-state index contributed by atoms with van der Waals surface area (Å²) in [5.74, 6) is 0. The smallest absolute Gasteiger partial charge is 0.191 e. The molecule has 1 aromatic rings. The molecule has 2 heterocycles. The first-order valence-electron chi connectivity index (χ1n) is 3.50. The van der Waals surface area contributed by atoms with Crippen LogP contribution in [0.1, 0.15) is 17.0 Å². The van der Waals surface area contributed by atoms with Crippen LogP contribution in [0.3, 0.4) is 0 Å². The maximum atomic E-state index is 4.33. The summed E-state index contributed by atoms with van der Waals surface area (Å²) < 4.78 is 0.850. The van der Waals surface area contributed by atoms with Crippen molar-refractivity contribution in [3.63, 3.8) is 0 Å². The van der Waals surface area contributed by atoms with E-state index in [9.17, 15) is 0 Å². The maximum Gasteiger partial charge on any atom is 0.191 e. The van der Waals surface area contributed by atoms with E-state index in [0.717, 1.165) is 22.6 Å². The third-order valence-corrected chi connectivity index (χ3v) is 2.35. The van der Waals surface area contributed by atoms with Crippen LogP contribution in [-0.2, 0) is 13.1 Å². The summed E-state index contributed by atoms with van der Waals surface area (Å²) in [7, 11) is 0. The van der Waals surface area contributed by atoms with E-state index in [4.69, 9.17) is 0 Å². The molecule has 0 radical (unpaired) electrons. The molecular formula is C7H8IN3. The summed E-state index contributed by atoms with van der Waals surface area (Å²) in [6.07, 6.45) is 0. The van der Waals surface area contributed by atoms with Gasteiger partial charge in [-0.1, -0.05) is 0 Å². The fourth-order valence-corrected chi connectivity index (χ4v) is 1.95. The van der Waals surface area contributed by atoms with E-state index < -0.39 is 0 Å². The Hall–Kier alpha value is -0.230. The minimum absolute atomic E-state index is 0.850. The van der Waals surface area contributed by atoms with Gasteiger partial charge < -0.3 is 5.32 Å². The van der Waals surface area contributed by atoms with Crippen molar-refractivity contribution in [3.05, 3.63) is 20.8 Å². The lowest BCUT2D eigenvalue weighted by Gasteiger charge is -2.00. The molecule has 0 saturated heterocycles. The summed E-state index contributed by atoms with van der Waals surface area (Å²) in [4.78, 5) is 8.61. The van der Waals surface area contributed by atoms with Gasteiger partial charge in [0.25, 0.3) is 0 Å². The van der Waals surface area contributed by atoms with Crippen LogP contribution in [0.5, 0.6) is 0 Å². The van der Waals surface area contributed by atoms with Crippen molar-refractivity contribution in [2.45, 2.75) is 20.0 Å². The fraction of sp³-hybridized carbons (Fsp3) is 0.429. The predicted molar refractivity (Wildman–Crippen MR) is 50.0 cm³/mol. The van der Waals surface area contributed by atoms with Crippen molar-refractivity contribution in [1.82, 2.24) is 15.3 Å². The van der Waals surface area contributed by atoms with E-state index in [1.807, 2.05) is 6.92 Å². The monoisotopic (exact) mass is 261 g/mol. The van der Waals surface area contributed by atoms with Crippen LogP contribution >= 0.6 is 22.6 Å². The normalized spacial score (nSPS) is 15.1. The predicted octanol–water partition coefficient (Wildman–Crippen LogP) is 0.993. The minimum Gasteiger partial charge on any atom is -0.307 e. The highest BCUT2D eigenvalue weighted by Gasteiger charge is 2.14. The molecule has 0 saturated carbocycles. The summed E-state index contributed by atoms with van der Waals surface area (Å²) >= 11 is 2.15. The van der Waals surface area contributed by atoms with Crippen molar-refractivity contribution < 1.29 is 0 Å². The van der Waals surface area contributed by atoms with Crippen molar-refractivity contribution in [3.8, 4) is 0 Å². The van der Waals surface area contributed by atoms with E-state index in [0.29, 0.717) is 0 Å². The molecule has 58 valence electrons. The highest BCUT2D eigenvalue weighted by Crippen LogP contribution is 2.16. The largest absolute Gasteiger partial charge is 0.307 e. The Morgan fingerprint density at radius 2 is 2.18 bits per heavy atom. The van der Waals surface area contributed by atoms with Crippen LogP contribution < -0.4 is 5.32 Å². The van der Waals surface area contributed by atoms with Crippen molar-refractivity contribution in [1.29, 1.82) is 0 Å². The van der Waals surface area contributed by atoms with Crippen LogP contribution in [0, 0.1) is 10.8 Å². The topological polar surface area (TPSA) is 37.8 Å². The lowest BCUT2D eigenvalue weighted by molar-refractivity contribution is 0.756. The van der Waals surface area contributed by atoms with Crippen LogP contribution in [0.25, 0.3) is 0 Å². The Balaban J connectivity index is 2.60. The molecule has 1 aromatic heterocycles. The highest BCUT2D eigenvalue weighted by atomic mass is 127. The molecule has 0 bridgehead atoms. The molecule has 0 unspecified atom stereocenters. The van der Waals surface area contributed by atoms with Crippen molar-refractivity contribution in [2.24, 2.45) is 0 Å². The number of rotatable bonds is 0. The number of nitrogens with zero attached hydrogens (tertiary/aromatic N) is 2. The third-order valence-electron chi connectivity index (χ3n) is 1.87. The molecule has 0 atom stereocenters. The molecule has 0 amide bonds. The van der Waals surface area contributed by atoms with E-state index in [2.05, 4.69) is 37.9 Å². The summed E-state index contributed by atoms with van der Waals surface area (Å²) in [6.45, 7) is 3.86. The van der Waals surface area contributed by atoms with Gasteiger partial charge >= 0.3 is 0 Å². The molecule has 1 aliphatic heterocycles. The lowest BCUT2D eigenvalue weighted by Crippen LogP contribution is -2.00. The van der Waals surface area contributed by atoms with Gasteiger partial charge in [0.15, 0.2) is 3.83 Å². The SMILES string of the molecule is Cc1nc(I)nc2c1CNC2. The Morgan fingerprint density at radius 1 is 1.36 bits per heavy atom. The lowest BCUT2D eigenvalue weighted by atomic mass is 10.2. The maximum absolute atomic E-state index is 4.33. The van der Waals surface area contributed by atoms with Crippen LogP contribution in [-0.4, -0.2) is 9.97 Å². The second-order valence-electron chi connectivity index (χ2n) is 2.61. The molecule has 11 heavy (non-hydrogen) atoms. The first-order valence-corrected chi connectivity index (χ1v) is 4.58. The average molecular weight is 261 g/mol. The Bertz CT molecular complexity index is 298. The summed E-state index contributed by atoms with van der Waals surface area (Å²) in [5.41, 5.74) is 3.57. The molecule has 1 aliphatic rings. The fourth-order valence-electron chi connectivity index (χ4n) is 1.30. The minimum atomic E-state index is 0.850. The Kier molecular flexibility index (Phi) is 1.80. The number of aromatic nitrogens is 2. The Morgan fingerprint density at radius 3 is 3.00 bits per heavy atom. The molecule has 4 heteroatoms. The molecule has 3 nitrogen and oxygen atoms in total. The second kappa shape index (κ2) is 2.67. The van der Waals surface area contributed by atoms with Gasteiger partial charge in [-0.15, -0.1) is 0 Å². The molecule has 0 fully saturated rings. The second-order valence-corrected chi connectivity index (χ2v) is 3.57. The molecule has 0 aromatic carbocycles. The first kappa shape index (κ1) is 7.42. The van der Waals surface area contributed by atoms with Gasteiger partial charge in [-0.25, -0.2) is 9.97 Å². The summed E-state index contributed by atoms with van der Waals surface area (Å²) in [6, 6.07) is 0. The van der Waals surface area contributed by atoms with Crippen LogP contribution in [0.15, 0.2) is 0 Å². The zero-order chi connectivity index (χ0) is 7.84. The number of hydrogen-bond donors (Lipinski definition) is 1. The van der Waals surface area contributed by atoms with E-state index in [-0.39, 0.29) is 0 Å². The van der Waals surface area contributed by atoms with Crippen LogP contribution in [0.2, 0.25) is 0 Å². The van der Waals surface area contributed by atoms with Crippen molar-refractivity contribution >= 4 is 22.6 Å². The first-order chi connectivity index (χ1) is 5.27. The molecule has 0 aliphatic carbocycles. The zero-order valence-corrected chi connectivity index (χ0v) is 8.34. The number of hydrogen-bond acceptors (Lipinski definition) is 3. The van der Waals surface area contributed by atoms with Gasteiger partial charge in [0, 0.05) is 46.9 Å². The van der Waals surface area contributed by atoms with Gasteiger partial charge in [0.05, 0.1) is 5.69 Å². The molecule has 2 rings (SSSR count). The van der Waals surface area contributed by atoms with Gasteiger partial charge in [-0.05, 0) is 6.92 Å². The quantitative estimate of drug-likeness (QED) is 0.559. The van der Waals surface area contributed by atoms with E-state index in [1.165, 1.54) is 11.3 Å². The van der Waals surface area contributed by atoms with E-state index >= 15 is 0 Å².